The lowest BCUT2D eigenvalue weighted by atomic mass is 10.2. The third-order valence-corrected chi connectivity index (χ3v) is 5.64. The molecule has 2 heterocycles. The molecule has 0 saturated carbocycles. The lowest BCUT2D eigenvalue weighted by Gasteiger charge is -2.11. The van der Waals surface area contributed by atoms with Crippen LogP contribution in [0.3, 0.4) is 0 Å². The zero-order chi connectivity index (χ0) is 21.4. The third kappa shape index (κ3) is 3.41. The standard InChI is InChI=1S/C21H19BrN4O4/c1-24-18-17(19(27)25(2)21(24)28)26(12-13-6-4-5-7-16(13)22)20(23-18)30-15-10-8-14(29-3)9-11-15/h4-11H,12H2,1-3H3. The Kier molecular flexibility index (Phi) is 5.21. The molecule has 0 unspecified atom stereocenters. The van der Waals surface area contributed by atoms with E-state index in [1.165, 1.54) is 11.6 Å². The molecule has 154 valence electrons. The molecular weight excluding hydrogens is 452 g/mol. The maximum Gasteiger partial charge on any atom is 0.332 e. The van der Waals surface area contributed by atoms with Crippen molar-refractivity contribution in [3.63, 3.8) is 0 Å². The Hall–Kier alpha value is -3.33. The van der Waals surface area contributed by atoms with Gasteiger partial charge in [0.05, 0.1) is 13.7 Å². The summed E-state index contributed by atoms with van der Waals surface area (Å²) in [5.41, 5.74) is 0.607. The van der Waals surface area contributed by atoms with Crippen molar-refractivity contribution in [2.45, 2.75) is 6.54 Å². The zero-order valence-corrected chi connectivity index (χ0v) is 18.2. The van der Waals surface area contributed by atoms with E-state index in [1.54, 1.807) is 43.0 Å². The molecule has 4 rings (SSSR count). The predicted octanol–water partition coefficient (Wildman–Crippen LogP) is 3.05. The van der Waals surface area contributed by atoms with Gasteiger partial charge in [0.15, 0.2) is 11.2 Å². The number of hydrogen-bond donors (Lipinski definition) is 0. The molecular formula is C21H19BrN4O4. The molecule has 0 fully saturated rings. The van der Waals surface area contributed by atoms with Crippen LogP contribution in [0.1, 0.15) is 5.56 Å². The fourth-order valence-electron chi connectivity index (χ4n) is 3.20. The normalized spacial score (nSPS) is 11.1. The predicted molar refractivity (Wildman–Crippen MR) is 117 cm³/mol. The van der Waals surface area contributed by atoms with E-state index in [0.717, 1.165) is 14.6 Å². The van der Waals surface area contributed by atoms with Gasteiger partial charge in [-0.3, -0.25) is 18.5 Å². The van der Waals surface area contributed by atoms with E-state index in [2.05, 4.69) is 20.9 Å². The molecule has 0 atom stereocenters. The second-order valence-electron chi connectivity index (χ2n) is 6.73. The second-order valence-corrected chi connectivity index (χ2v) is 7.58. The number of aromatic nitrogens is 4. The van der Waals surface area contributed by atoms with Gasteiger partial charge in [-0.05, 0) is 35.9 Å². The smallest absolute Gasteiger partial charge is 0.332 e. The molecule has 8 nitrogen and oxygen atoms in total. The number of nitrogens with zero attached hydrogens (tertiary/aromatic N) is 4. The van der Waals surface area contributed by atoms with Crippen molar-refractivity contribution in [1.82, 2.24) is 18.7 Å². The van der Waals surface area contributed by atoms with E-state index in [1.807, 2.05) is 24.3 Å². The van der Waals surface area contributed by atoms with E-state index in [0.29, 0.717) is 23.6 Å². The molecule has 0 aliphatic rings. The first-order valence-electron chi connectivity index (χ1n) is 9.12. The number of ether oxygens (including phenoxy) is 2. The van der Waals surface area contributed by atoms with Crippen molar-refractivity contribution in [2.75, 3.05) is 7.11 Å². The minimum atomic E-state index is -0.450. The summed E-state index contributed by atoms with van der Waals surface area (Å²) in [6.07, 6.45) is 0. The highest BCUT2D eigenvalue weighted by molar-refractivity contribution is 9.10. The van der Waals surface area contributed by atoms with E-state index in [4.69, 9.17) is 9.47 Å². The number of methoxy groups -OCH3 is 1. The summed E-state index contributed by atoms with van der Waals surface area (Å²) >= 11 is 3.55. The average Bonchev–Trinajstić information content (AvgIpc) is 3.11. The van der Waals surface area contributed by atoms with Gasteiger partial charge in [0.1, 0.15) is 11.5 Å². The Morgan fingerprint density at radius 1 is 0.967 bits per heavy atom. The van der Waals surface area contributed by atoms with Crippen molar-refractivity contribution < 1.29 is 9.47 Å². The minimum Gasteiger partial charge on any atom is -0.497 e. The van der Waals surface area contributed by atoms with Gasteiger partial charge in [-0.25, -0.2) is 4.79 Å². The Bertz CT molecular complexity index is 1350. The lowest BCUT2D eigenvalue weighted by Crippen LogP contribution is -2.37. The van der Waals surface area contributed by atoms with Gasteiger partial charge < -0.3 is 9.47 Å². The maximum absolute atomic E-state index is 13.0. The molecule has 0 amide bonds. The van der Waals surface area contributed by atoms with E-state index in [-0.39, 0.29) is 11.7 Å². The summed E-state index contributed by atoms with van der Waals surface area (Å²) in [6.45, 7) is 0.330. The molecule has 30 heavy (non-hydrogen) atoms. The minimum absolute atomic E-state index is 0.212. The fourth-order valence-corrected chi connectivity index (χ4v) is 3.61. The number of benzene rings is 2. The highest BCUT2D eigenvalue weighted by Gasteiger charge is 2.21. The van der Waals surface area contributed by atoms with E-state index < -0.39 is 11.2 Å². The molecule has 0 saturated heterocycles. The topological polar surface area (TPSA) is 80.3 Å². The number of fused-ring (bicyclic) bond motifs is 1. The van der Waals surface area contributed by atoms with Crippen molar-refractivity contribution in [1.29, 1.82) is 0 Å². The van der Waals surface area contributed by atoms with Gasteiger partial charge >= 0.3 is 11.7 Å². The SMILES string of the molecule is COc1ccc(Oc2nc3c(c(=O)n(C)c(=O)n3C)n2Cc2ccccc2Br)cc1. The van der Waals surface area contributed by atoms with Crippen LogP contribution in [0, 0.1) is 0 Å². The summed E-state index contributed by atoms with van der Waals surface area (Å²) in [4.78, 5) is 29.8. The number of imidazole rings is 1. The highest BCUT2D eigenvalue weighted by atomic mass is 79.9. The van der Waals surface area contributed by atoms with E-state index in [9.17, 15) is 9.59 Å². The Balaban J connectivity index is 1.92. The van der Waals surface area contributed by atoms with Crippen LogP contribution in [0.15, 0.2) is 62.6 Å². The quantitative estimate of drug-likeness (QED) is 0.447. The molecule has 0 N–H and O–H groups in total. The molecule has 0 aliphatic heterocycles. The third-order valence-electron chi connectivity index (χ3n) is 4.87. The van der Waals surface area contributed by atoms with Crippen molar-refractivity contribution in [3.05, 3.63) is 79.4 Å². The summed E-state index contributed by atoms with van der Waals surface area (Å²) in [7, 11) is 4.62. The second kappa shape index (κ2) is 7.83. The van der Waals surface area contributed by atoms with Crippen LogP contribution in [-0.2, 0) is 20.6 Å². The lowest BCUT2D eigenvalue weighted by molar-refractivity contribution is 0.406. The zero-order valence-electron chi connectivity index (χ0n) is 16.6. The van der Waals surface area contributed by atoms with Crippen molar-refractivity contribution in [3.8, 4) is 17.5 Å². The number of aryl methyl sites for hydroxylation is 1. The van der Waals surface area contributed by atoms with Crippen molar-refractivity contribution >= 4 is 27.1 Å². The Morgan fingerprint density at radius 2 is 1.63 bits per heavy atom. The highest BCUT2D eigenvalue weighted by Crippen LogP contribution is 2.28. The summed E-state index contributed by atoms with van der Waals surface area (Å²) in [5.74, 6) is 1.22. The number of hydrogen-bond acceptors (Lipinski definition) is 5. The molecule has 2 aromatic carbocycles. The first-order chi connectivity index (χ1) is 14.4. The molecule has 2 aromatic heterocycles. The van der Waals surface area contributed by atoms with E-state index >= 15 is 0 Å². The van der Waals surface area contributed by atoms with Crippen LogP contribution in [0.4, 0.5) is 0 Å². The molecule has 0 radical (unpaired) electrons. The summed E-state index contributed by atoms with van der Waals surface area (Å²) < 4.78 is 16.2. The summed E-state index contributed by atoms with van der Waals surface area (Å²) in [6, 6.07) is 14.9. The fraction of sp³-hybridized carbons (Fsp3) is 0.190. The molecule has 0 aliphatic carbocycles. The Labute approximate surface area is 180 Å². The molecule has 0 bridgehead atoms. The number of halogens is 1. The monoisotopic (exact) mass is 470 g/mol. The van der Waals surface area contributed by atoms with Crippen LogP contribution >= 0.6 is 15.9 Å². The summed E-state index contributed by atoms with van der Waals surface area (Å²) in [5, 5.41) is 0. The molecule has 4 aromatic rings. The van der Waals surface area contributed by atoms with Gasteiger partial charge in [0, 0.05) is 18.6 Å². The van der Waals surface area contributed by atoms with Gasteiger partial charge in [0.25, 0.3) is 5.56 Å². The first kappa shape index (κ1) is 20.0. The Morgan fingerprint density at radius 3 is 2.30 bits per heavy atom. The van der Waals surface area contributed by atoms with Gasteiger partial charge in [0.2, 0.25) is 0 Å². The maximum atomic E-state index is 13.0. The van der Waals surface area contributed by atoms with Crippen LogP contribution in [0.2, 0.25) is 0 Å². The van der Waals surface area contributed by atoms with Crippen LogP contribution < -0.4 is 20.7 Å². The van der Waals surface area contributed by atoms with Crippen LogP contribution in [0.25, 0.3) is 11.2 Å². The van der Waals surface area contributed by atoms with Gasteiger partial charge in [-0.1, -0.05) is 34.1 Å². The van der Waals surface area contributed by atoms with Gasteiger partial charge in [-0.2, -0.15) is 4.98 Å². The largest absolute Gasteiger partial charge is 0.497 e. The van der Waals surface area contributed by atoms with Crippen molar-refractivity contribution in [2.24, 2.45) is 14.1 Å². The molecule has 9 heteroatoms. The number of rotatable bonds is 5. The molecule has 0 spiro atoms. The van der Waals surface area contributed by atoms with Crippen LogP contribution in [0.5, 0.6) is 17.5 Å². The van der Waals surface area contributed by atoms with Gasteiger partial charge in [-0.15, -0.1) is 0 Å². The average molecular weight is 471 g/mol. The first-order valence-corrected chi connectivity index (χ1v) is 9.91. The van der Waals surface area contributed by atoms with Crippen LogP contribution in [-0.4, -0.2) is 25.8 Å².